The fourth-order valence-electron chi connectivity index (χ4n) is 2.86. The van der Waals surface area contributed by atoms with Crippen LogP contribution in [0.3, 0.4) is 0 Å². The van der Waals surface area contributed by atoms with E-state index in [0.717, 1.165) is 25.7 Å². The summed E-state index contributed by atoms with van der Waals surface area (Å²) in [7, 11) is -3.41. The molecule has 0 saturated carbocycles. The van der Waals surface area contributed by atoms with Gasteiger partial charge in [0.25, 0.3) is 10.2 Å². The minimum absolute atomic E-state index is 0.262. The molecule has 2 rings (SSSR count). The lowest BCUT2D eigenvalue weighted by Gasteiger charge is -2.36. The lowest BCUT2D eigenvalue weighted by Crippen LogP contribution is -2.50. The highest BCUT2D eigenvalue weighted by Crippen LogP contribution is 2.24. The molecule has 0 amide bonds. The second kappa shape index (κ2) is 6.87. The molecule has 0 aliphatic carbocycles. The van der Waals surface area contributed by atoms with E-state index in [0.29, 0.717) is 32.7 Å². The Morgan fingerprint density at radius 3 is 2.40 bits per heavy atom. The summed E-state index contributed by atoms with van der Waals surface area (Å²) >= 11 is 0. The molecule has 2 aliphatic rings. The van der Waals surface area contributed by atoms with Crippen molar-refractivity contribution in [2.75, 3.05) is 32.8 Å². The smallest absolute Gasteiger partial charge is 0.310 e. The van der Waals surface area contributed by atoms with Crippen LogP contribution in [0.1, 0.15) is 39.0 Å². The van der Waals surface area contributed by atoms with Gasteiger partial charge >= 0.3 is 5.97 Å². The second-order valence-corrected chi connectivity index (χ2v) is 7.35. The highest BCUT2D eigenvalue weighted by molar-refractivity contribution is 7.86. The SMILES string of the molecule is CCOC(=O)[C@H]1CCCN(S(=O)(=O)N2CCCCC2)C1. The van der Waals surface area contributed by atoms with Gasteiger partial charge in [-0.15, -0.1) is 0 Å². The predicted octanol–water partition coefficient (Wildman–Crippen LogP) is 0.992. The number of carbonyl (C=O) groups is 1. The Balaban J connectivity index is 2.01. The van der Waals surface area contributed by atoms with Gasteiger partial charge in [0.05, 0.1) is 12.5 Å². The van der Waals surface area contributed by atoms with Crippen LogP contribution in [0.25, 0.3) is 0 Å². The molecule has 0 bridgehead atoms. The van der Waals surface area contributed by atoms with E-state index < -0.39 is 10.2 Å². The zero-order valence-electron chi connectivity index (χ0n) is 12.1. The van der Waals surface area contributed by atoms with Crippen LogP contribution in [-0.4, -0.2) is 55.8 Å². The van der Waals surface area contributed by atoms with E-state index in [9.17, 15) is 13.2 Å². The van der Waals surface area contributed by atoms with Gasteiger partial charge in [0, 0.05) is 26.2 Å². The molecular weight excluding hydrogens is 280 g/mol. The molecule has 0 aromatic carbocycles. The summed E-state index contributed by atoms with van der Waals surface area (Å²) in [4.78, 5) is 11.8. The summed E-state index contributed by atoms with van der Waals surface area (Å²) in [5.74, 6) is -0.589. The topological polar surface area (TPSA) is 66.9 Å². The summed E-state index contributed by atoms with van der Waals surface area (Å²) in [5.41, 5.74) is 0. The van der Waals surface area contributed by atoms with Crippen molar-refractivity contribution in [3.05, 3.63) is 0 Å². The van der Waals surface area contributed by atoms with Gasteiger partial charge < -0.3 is 4.74 Å². The van der Waals surface area contributed by atoms with Crippen molar-refractivity contribution in [3.63, 3.8) is 0 Å². The minimum atomic E-state index is -3.41. The molecule has 0 aromatic rings. The molecule has 1 atom stereocenters. The van der Waals surface area contributed by atoms with Crippen molar-refractivity contribution >= 4 is 16.2 Å². The average Bonchev–Trinajstić information content (AvgIpc) is 2.48. The maximum absolute atomic E-state index is 12.6. The van der Waals surface area contributed by atoms with E-state index in [2.05, 4.69) is 0 Å². The fraction of sp³-hybridized carbons (Fsp3) is 0.923. The van der Waals surface area contributed by atoms with Gasteiger partial charge in [-0.25, -0.2) is 0 Å². The highest BCUT2D eigenvalue weighted by Gasteiger charge is 2.36. The van der Waals surface area contributed by atoms with E-state index in [1.54, 1.807) is 11.2 Å². The lowest BCUT2D eigenvalue weighted by molar-refractivity contribution is -0.149. The van der Waals surface area contributed by atoms with Gasteiger partial charge in [-0.05, 0) is 32.6 Å². The van der Waals surface area contributed by atoms with Crippen LogP contribution < -0.4 is 0 Å². The Kier molecular flexibility index (Phi) is 5.40. The normalized spacial score (nSPS) is 26.4. The zero-order valence-corrected chi connectivity index (χ0v) is 12.9. The summed E-state index contributed by atoms with van der Waals surface area (Å²) in [6.45, 7) is 4.08. The molecule has 20 heavy (non-hydrogen) atoms. The maximum atomic E-state index is 12.6. The molecule has 2 fully saturated rings. The Hall–Kier alpha value is -0.660. The first-order valence-corrected chi connectivity index (χ1v) is 8.87. The largest absolute Gasteiger partial charge is 0.466 e. The summed E-state index contributed by atoms with van der Waals surface area (Å²) in [5, 5.41) is 0. The van der Waals surface area contributed by atoms with Crippen molar-refractivity contribution < 1.29 is 17.9 Å². The third-order valence-electron chi connectivity index (χ3n) is 3.97. The lowest BCUT2D eigenvalue weighted by atomic mass is 10.0. The van der Waals surface area contributed by atoms with Gasteiger partial charge in [0.1, 0.15) is 0 Å². The van der Waals surface area contributed by atoms with E-state index >= 15 is 0 Å². The molecule has 0 N–H and O–H groups in total. The van der Waals surface area contributed by atoms with E-state index in [-0.39, 0.29) is 18.4 Å². The Labute approximate surface area is 121 Å². The first-order chi connectivity index (χ1) is 9.55. The van der Waals surface area contributed by atoms with E-state index in [1.165, 1.54) is 4.31 Å². The Bertz CT molecular complexity index is 432. The molecule has 2 heterocycles. The number of carbonyl (C=O) groups excluding carboxylic acids is 1. The number of piperidine rings is 2. The monoisotopic (exact) mass is 304 g/mol. The second-order valence-electron chi connectivity index (χ2n) is 5.42. The van der Waals surface area contributed by atoms with Crippen LogP contribution >= 0.6 is 0 Å². The van der Waals surface area contributed by atoms with Crippen molar-refractivity contribution in [2.24, 2.45) is 5.92 Å². The Morgan fingerprint density at radius 1 is 1.10 bits per heavy atom. The fourth-order valence-corrected chi connectivity index (χ4v) is 4.64. The van der Waals surface area contributed by atoms with Crippen LogP contribution in [0.2, 0.25) is 0 Å². The maximum Gasteiger partial charge on any atom is 0.310 e. The molecular formula is C13H24N2O4S. The number of hydrogen-bond acceptors (Lipinski definition) is 4. The van der Waals surface area contributed by atoms with E-state index in [1.807, 2.05) is 0 Å². The molecule has 2 saturated heterocycles. The van der Waals surface area contributed by atoms with Gasteiger partial charge in [-0.3, -0.25) is 4.79 Å². The quantitative estimate of drug-likeness (QED) is 0.727. The highest BCUT2D eigenvalue weighted by atomic mass is 32.2. The first kappa shape index (κ1) is 15.7. The number of hydrogen-bond donors (Lipinski definition) is 0. The molecule has 0 unspecified atom stereocenters. The van der Waals surface area contributed by atoms with Gasteiger partial charge in [0.2, 0.25) is 0 Å². The van der Waals surface area contributed by atoms with Gasteiger partial charge in [-0.1, -0.05) is 6.42 Å². The van der Waals surface area contributed by atoms with E-state index in [4.69, 9.17) is 4.74 Å². The van der Waals surface area contributed by atoms with Gasteiger partial charge in [0.15, 0.2) is 0 Å². The molecule has 0 radical (unpaired) electrons. The summed E-state index contributed by atoms with van der Waals surface area (Å²) in [6, 6.07) is 0. The van der Waals surface area contributed by atoms with Crippen LogP contribution in [0.5, 0.6) is 0 Å². The molecule has 116 valence electrons. The van der Waals surface area contributed by atoms with Crippen molar-refractivity contribution in [1.29, 1.82) is 0 Å². The first-order valence-electron chi connectivity index (χ1n) is 7.47. The van der Waals surface area contributed by atoms with Crippen LogP contribution in [0, 0.1) is 5.92 Å². The Morgan fingerprint density at radius 2 is 1.75 bits per heavy atom. The third kappa shape index (κ3) is 3.51. The number of ether oxygens (including phenoxy) is 1. The molecule has 0 spiro atoms. The van der Waals surface area contributed by atoms with Crippen LogP contribution in [-0.2, 0) is 19.7 Å². The number of nitrogens with zero attached hydrogens (tertiary/aromatic N) is 2. The van der Waals surface area contributed by atoms with Crippen molar-refractivity contribution in [2.45, 2.75) is 39.0 Å². The summed E-state index contributed by atoms with van der Waals surface area (Å²) < 4.78 is 33.2. The number of rotatable bonds is 4. The van der Waals surface area contributed by atoms with Crippen molar-refractivity contribution in [1.82, 2.24) is 8.61 Å². The summed E-state index contributed by atoms with van der Waals surface area (Å²) in [6.07, 6.45) is 4.38. The van der Waals surface area contributed by atoms with Gasteiger partial charge in [-0.2, -0.15) is 17.0 Å². The molecule has 7 heteroatoms. The number of esters is 1. The third-order valence-corrected chi connectivity index (χ3v) is 5.97. The predicted molar refractivity (Wildman–Crippen MR) is 75.3 cm³/mol. The van der Waals surface area contributed by atoms with Crippen molar-refractivity contribution in [3.8, 4) is 0 Å². The minimum Gasteiger partial charge on any atom is -0.466 e. The molecule has 2 aliphatic heterocycles. The van der Waals surface area contributed by atoms with Crippen LogP contribution in [0.4, 0.5) is 0 Å². The molecule has 0 aromatic heterocycles. The molecule has 6 nitrogen and oxygen atoms in total. The average molecular weight is 304 g/mol. The zero-order chi connectivity index (χ0) is 14.6. The standard InChI is InChI=1S/C13H24N2O4S/c1-2-19-13(16)12-7-6-10-15(11-12)20(17,18)14-8-4-3-5-9-14/h12H,2-11H2,1H3/t12-/m0/s1. The van der Waals surface area contributed by atoms with Crippen LogP contribution in [0.15, 0.2) is 0 Å².